The van der Waals surface area contributed by atoms with Gasteiger partial charge in [0, 0.05) is 32.1 Å². The van der Waals surface area contributed by atoms with Crippen LogP contribution in [0.25, 0.3) is 5.52 Å². The van der Waals surface area contributed by atoms with Crippen LogP contribution in [0.5, 0.6) is 0 Å². The summed E-state index contributed by atoms with van der Waals surface area (Å²) in [6.07, 6.45) is 3.79. The number of carbonyl (C=O) groups excluding carboxylic acids is 1. The van der Waals surface area contributed by atoms with Crippen LogP contribution in [0.1, 0.15) is 23.3 Å². The number of likely N-dealkylation sites (tertiary alicyclic amines) is 1. The fraction of sp³-hybridized carbons (Fsp3) is 0.400. The third kappa shape index (κ3) is 2.68. The van der Waals surface area contributed by atoms with Crippen molar-refractivity contribution in [1.29, 1.82) is 0 Å². The van der Waals surface area contributed by atoms with Gasteiger partial charge in [0.25, 0.3) is 5.91 Å². The number of thioether (sulfide) groups is 1. The largest absolute Gasteiger partial charge is 0.479 e. The minimum absolute atomic E-state index is 0.0231. The van der Waals surface area contributed by atoms with Gasteiger partial charge in [0.1, 0.15) is 0 Å². The molecular formula is C15H17N3O4S. The molecule has 0 aliphatic carbocycles. The number of aliphatic hydroxyl groups is 1. The molecule has 2 N–H and O–H groups in total. The van der Waals surface area contributed by atoms with Gasteiger partial charge in [0.15, 0.2) is 16.5 Å². The highest BCUT2D eigenvalue weighted by Gasteiger charge is 2.41. The minimum atomic E-state index is -1.74. The Bertz CT molecular complexity index is 765. The third-order valence-electron chi connectivity index (χ3n) is 4.18. The van der Waals surface area contributed by atoms with Crippen LogP contribution in [-0.2, 0) is 4.79 Å². The standard InChI is InChI=1S/C15H17N3O4S/c1-23-14-16-11(10-4-2-3-7-18(10)14)12(19)17-8-5-15(22,6-9-17)13(20)21/h2-4,7,22H,5-6,8-9H2,1H3,(H,20,21). The van der Waals surface area contributed by atoms with Gasteiger partial charge in [-0.1, -0.05) is 17.8 Å². The number of hydrogen-bond acceptors (Lipinski definition) is 5. The highest BCUT2D eigenvalue weighted by atomic mass is 32.2. The molecule has 1 fully saturated rings. The number of fused-ring (bicyclic) bond motifs is 1. The molecule has 0 radical (unpaired) electrons. The molecule has 1 saturated heterocycles. The van der Waals surface area contributed by atoms with Crippen LogP contribution in [0.4, 0.5) is 0 Å². The number of amides is 1. The van der Waals surface area contributed by atoms with Crippen molar-refractivity contribution in [3.63, 3.8) is 0 Å². The van der Waals surface area contributed by atoms with Gasteiger partial charge in [0.2, 0.25) is 0 Å². The van der Waals surface area contributed by atoms with Crippen LogP contribution in [-0.4, -0.2) is 61.3 Å². The van der Waals surface area contributed by atoms with Crippen molar-refractivity contribution in [2.24, 2.45) is 0 Å². The van der Waals surface area contributed by atoms with Gasteiger partial charge < -0.3 is 15.1 Å². The molecule has 23 heavy (non-hydrogen) atoms. The average Bonchev–Trinajstić information content (AvgIpc) is 2.93. The maximum absolute atomic E-state index is 12.7. The zero-order chi connectivity index (χ0) is 16.6. The normalized spacial score (nSPS) is 17.4. The average molecular weight is 335 g/mol. The molecule has 0 unspecified atom stereocenters. The maximum Gasteiger partial charge on any atom is 0.335 e. The molecule has 0 aromatic carbocycles. The lowest BCUT2D eigenvalue weighted by Gasteiger charge is -2.35. The van der Waals surface area contributed by atoms with E-state index in [4.69, 9.17) is 5.11 Å². The Morgan fingerprint density at radius 3 is 2.61 bits per heavy atom. The second-order valence-electron chi connectivity index (χ2n) is 5.53. The molecule has 3 heterocycles. The number of aromatic nitrogens is 2. The topological polar surface area (TPSA) is 95.1 Å². The van der Waals surface area contributed by atoms with Crippen molar-refractivity contribution in [1.82, 2.24) is 14.3 Å². The zero-order valence-electron chi connectivity index (χ0n) is 12.6. The van der Waals surface area contributed by atoms with Crippen molar-refractivity contribution in [3.05, 3.63) is 30.1 Å². The van der Waals surface area contributed by atoms with Crippen LogP contribution in [0.2, 0.25) is 0 Å². The fourth-order valence-electron chi connectivity index (χ4n) is 2.75. The molecule has 3 rings (SSSR count). The van der Waals surface area contributed by atoms with Crippen LogP contribution >= 0.6 is 11.8 Å². The van der Waals surface area contributed by atoms with E-state index in [1.165, 1.54) is 11.8 Å². The summed E-state index contributed by atoms with van der Waals surface area (Å²) in [7, 11) is 0. The molecule has 0 spiro atoms. The summed E-state index contributed by atoms with van der Waals surface area (Å²) in [6.45, 7) is 0.393. The zero-order valence-corrected chi connectivity index (χ0v) is 13.4. The van der Waals surface area contributed by atoms with Crippen LogP contribution in [0, 0.1) is 0 Å². The van der Waals surface area contributed by atoms with Crippen molar-refractivity contribution in [2.45, 2.75) is 23.6 Å². The van der Waals surface area contributed by atoms with E-state index in [2.05, 4.69) is 4.98 Å². The van der Waals surface area contributed by atoms with Crippen LogP contribution in [0.15, 0.2) is 29.6 Å². The number of hydrogen-bond donors (Lipinski definition) is 2. The highest BCUT2D eigenvalue weighted by molar-refractivity contribution is 7.98. The Hall–Kier alpha value is -2.06. The Kier molecular flexibility index (Phi) is 4.03. The van der Waals surface area contributed by atoms with Crippen LogP contribution < -0.4 is 0 Å². The highest BCUT2D eigenvalue weighted by Crippen LogP contribution is 2.26. The number of aliphatic carboxylic acids is 1. The number of pyridine rings is 1. The Balaban J connectivity index is 1.86. The van der Waals surface area contributed by atoms with Gasteiger partial charge in [-0.15, -0.1) is 0 Å². The number of rotatable bonds is 3. The fourth-order valence-corrected chi connectivity index (χ4v) is 3.29. The van der Waals surface area contributed by atoms with E-state index in [0.29, 0.717) is 5.69 Å². The van der Waals surface area contributed by atoms with Gasteiger partial charge in [-0.3, -0.25) is 9.20 Å². The molecule has 0 atom stereocenters. The predicted octanol–water partition coefficient (Wildman–Crippen LogP) is 1.11. The minimum Gasteiger partial charge on any atom is -0.479 e. The molecule has 122 valence electrons. The molecular weight excluding hydrogens is 318 g/mol. The second kappa shape index (κ2) is 5.86. The maximum atomic E-state index is 12.7. The first kappa shape index (κ1) is 15.8. The number of imidazole rings is 1. The van der Waals surface area contributed by atoms with E-state index < -0.39 is 11.6 Å². The summed E-state index contributed by atoms with van der Waals surface area (Å²) < 4.78 is 1.86. The molecule has 0 saturated carbocycles. The lowest BCUT2D eigenvalue weighted by Crippen LogP contribution is -2.50. The number of carbonyl (C=O) groups is 2. The van der Waals surface area contributed by atoms with Crippen LogP contribution in [0.3, 0.4) is 0 Å². The summed E-state index contributed by atoms with van der Waals surface area (Å²) in [5.74, 6) is -1.47. The third-order valence-corrected chi connectivity index (χ3v) is 4.83. The molecule has 2 aromatic heterocycles. The van der Waals surface area contributed by atoms with E-state index in [0.717, 1.165) is 10.7 Å². The first-order valence-corrected chi connectivity index (χ1v) is 8.45. The van der Waals surface area contributed by atoms with Gasteiger partial charge >= 0.3 is 5.97 Å². The van der Waals surface area contributed by atoms with E-state index in [9.17, 15) is 14.7 Å². The summed E-state index contributed by atoms with van der Waals surface area (Å²) >= 11 is 1.45. The van der Waals surface area contributed by atoms with Gasteiger partial charge in [-0.05, 0) is 18.4 Å². The number of carboxylic acid groups (broad SMARTS) is 1. The van der Waals surface area contributed by atoms with Crippen molar-refractivity contribution >= 4 is 29.2 Å². The van der Waals surface area contributed by atoms with Crippen molar-refractivity contribution in [2.75, 3.05) is 19.3 Å². The monoisotopic (exact) mass is 335 g/mol. The molecule has 7 nitrogen and oxygen atoms in total. The Morgan fingerprint density at radius 1 is 1.30 bits per heavy atom. The first-order valence-electron chi connectivity index (χ1n) is 7.22. The molecule has 1 aliphatic heterocycles. The number of nitrogens with zero attached hydrogens (tertiary/aromatic N) is 3. The Labute approximate surface area is 136 Å². The number of piperidine rings is 1. The molecule has 0 bridgehead atoms. The second-order valence-corrected chi connectivity index (χ2v) is 6.31. The molecule has 1 amide bonds. The van der Waals surface area contributed by atoms with E-state index >= 15 is 0 Å². The molecule has 1 aliphatic rings. The van der Waals surface area contributed by atoms with Crippen molar-refractivity contribution in [3.8, 4) is 0 Å². The quantitative estimate of drug-likeness (QED) is 0.816. The molecule has 2 aromatic rings. The first-order chi connectivity index (χ1) is 11.0. The lowest BCUT2D eigenvalue weighted by molar-refractivity contribution is -0.162. The van der Waals surface area contributed by atoms with E-state index in [-0.39, 0.29) is 31.8 Å². The lowest BCUT2D eigenvalue weighted by atomic mass is 9.91. The van der Waals surface area contributed by atoms with Gasteiger partial charge in [-0.25, -0.2) is 9.78 Å². The smallest absolute Gasteiger partial charge is 0.335 e. The number of carboxylic acids is 1. The van der Waals surface area contributed by atoms with E-state index in [1.807, 2.05) is 35.1 Å². The Morgan fingerprint density at radius 2 is 2.00 bits per heavy atom. The van der Waals surface area contributed by atoms with Gasteiger partial charge in [0.05, 0.1) is 5.52 Å². The molecule has 8 heteroatoms. The predicted molar refractivity (Wildman–Crippen MR) is 84.7 cm³/mol. The SMILES string of the molecule is CSc1nc(C(=O)N2CCC(O)(C(=O)O)CC2)c2ccccn12. The summed E-state index contributed by atoms with van der Waals surface area (Å²) in [6, 6.07) is 5.55. The van der Waals surface area contributed by atoms with Gasteiger partial charge in [-0.2, -0.15) is 0 Å². The summed E-state index contributed by atoms with van der Waals surface area (Å²) in [4.78, 5) is 29.8. The summed E-state index contributed by atoms with van der Waals surface area (Å²) in [5, 5.41) is 19.7. The van der Waals surface area contributed by atoms with E-state index in [1.54, 1.807) is 4.90 Å². The van der Waals surface area contributed by atoms with Crippen molar-refractivity contribution < 1.29 is 19.8 Å². The summed E-state index contributed by atoms with van der Waals surface area (Å²) in [5.41, 5.74) is -0.658.